The zero-order chi connectivity index (χ0) is 13.0. The summed E-state index contributed by atoms with van der Waals surface area (Å²) in [6, 6.07) is 6.07. The van der Waals surface area contributed by atoms with E-state index in [2.05, 4.69) is 15.9 Å². The number of ether oxygens (including phenoxy) is 1. The lowest BCUT2D eigenvalue weighted by atomic mass is 10.1. The molecule has 1 aromatic rings. The largest absolute Gasteiger partial charge is 0.378 e. The number of aryl methyl sites for hydroxylation is 1. The first-order valence-electron chi connectivity index (χ1n) is 5.98. The lowest BCUT2D eigenvalue weighted by Crippen LogP contribution is -2.39. The first-order chi connectivity index (χ1) is 8.66. The van der Waals surface area contributed by atoms with Crippen LogP contribution in [0, 0.1) is 6.92 Å². The molecule has 1 amide bonds. The SMILES string of the molecule is Cc1ccc(/C=C\C(=O)N2CCOCC2)c(Br)c1. The van der Waals surface area contributed by atoms with Crippen LogP contribution >= 0.6 is 15.9 Å². The van der Waals surface area contributed by atoms with Gasteiger partial charge in [0.15, 0.2) is 0 Å². The molecule has 1 aliphatic heterocycles. The summed E-state index contributed by atoms with van der Waals surface area (Å²) in [7, 11) is 0. The van der Waals surface area contributed by atoms with Crippen molar-refractivity contribution in [3.8, 4) is 0 Å². The van der Waals surface area contributed by atoms with Gasteiger partial charge in [0.2, 0.25) is 5.91 Å². The Labute approximate surface area is 116 Å². The number of morpholine rings is 1. The summed E-state index contributed by atoms with van der Waals surface area (Å²) in [6.45, 7) is 4.66. The standard InChI is InChI=1S/C14H16BrNO2/c1-11-2-3-12(13(15)10-11)4-5-14(17)16-6-8-18-9-7-16/h2-5,10H,6-9H2,1H3/b5-4-. The Morgan fingerprint density at radius 2 is 2.11 bits per heavy atom. The molecule has 96 valence electrons. The molecule has 1 aromatic carbocycles. The molecule has 0 aromatic heterocycles. The van der Waals surface area contributed by atoms with Gasteiger partial charge in [-0.2, -0.15) is 0 Å². The molecule has 0 N–H and O–H groups in total. The second kappa shape index (κ2) is 6.16. The molecule has 0 bridgehead atoms. The van der Waals surface area contributed by atoms with E-state index >= 15 is 0 Å². The average Bonchev–Trinajstić information content (AvgIpc) is 2.38. The molecule has 2 rings (SSSR count). The van der Waals surface area contributed by atoms with Crippen molar-refractivity contribution in [2.75, 3.05) is 26.3 Å². The fraction of sp³-hybridized carbons (Fsp3) is 0.357. The van der Waals surface area contributed by atoms with E-state index in [-0.39, 0.29) is 5.91 Å². The van der Waals surface area contributed by atoms with Gasteiger partial charge in [0, 0.05) is 23.6 Å². The van der Waals surface area contributed by atoms with Gasteiger partial charge in [0.1, 0.15) is 0 Å². The maximum Gasteiger partial charge on any atom is 0.246 e. The van der Waals surface area contributed by atoms with E-state index in [0.717, 1.165) is 10.0 Å². The molecule has 0 atom stereocenters. The summed E-state index contributed by atoms with van der Waals surface area (Å²) < 4.78 is 6.23. The Morgan fingerprint density at radius 1 is 1.39 bits per heavy atom. The lowest BCUT2D eigenvalue weighted by Gasteiger charge is -2.25. The summed E-state index contributed by atoms with van der Waals surface area (Å²) in [5.74, 6) is 0.0470. The van der Waals surface area contributed by atoms with E-state index in [4.69, 9.17) is 4.74 Å². The van der Waals surface area contributed by atoms with E-state index in [1.807, 2.05) is 36.1 Å². The highest BCUT2D eigenvalue weighted by molar-refractivity contribution is 9.10. The van der Waals surface area contributed by atoms with Gasteiger partial charge in [0.05, 0.1) is 13.2 Å². The predicted molar refractivity (Wildman–Crippen MR) is 75.3 cm³/mol. The quantitative estimate of drug-likeness (QED) is 0.786. The van der Waals surface area contributed by atoms with Crippen molar-refractivity contribution in [2.45, 2.75) is 6.92 Å². The molecular weight excluding hydrogens is 294 g/mol. The van der Waals surface area contributed by atoms with Gasteiger partial charge in [0.25, 0.3) is 0 Å². The topological polar surface area (TPSA) is 29.5 Å². The predicted octanol–water partition coefficient (Wildman–Crippen LogP) is 2.63. The smallest absolute Gasteiger partial charge is 0.246 e. The van der Waals surface area contributed by atoms with E-state index < -0.39 is 0 Å². The Balaban J connectivity index is 2.03. The minimum atomic E-state index is 0.0470. The normalized spacial score (nSPS) is 16.2. The molecule has 3 nitrogen and oxygen atoms in total. The molecule has 4 heteroatoms. The first kappa shape index (κ1) is 13.3. The van der Waals surface area contributed by atoms with Crippen LogP contribution in [0.15, 0.2) is 28.7 Å². The average molecular weight is 310 g/mol. The maximum atomic E-state index is 11.9. The van der Waals surface area contributed by atoms with Crippen LogP contribution in [-0.2, 0) is 9.53 Å². The fourth-order valence-electron chi connectivity index (χ4n) is 1.82. The zero-order valence-corrected chi connectivity index (χ0v) is 11.9. The molecule has 1 heterocycles. The van der Waals surface area contributed by atoms with Crippen molar-refractivity contribution in [1.29, 1.82) is 0 Å². The lowest BCUT2D eigenvalue weighted by molar-refractivity contribution is -0.129. The highest BCUT2D eigenvalue weighted by Crippen LogP contribution is 2.19. The van der Waals surface area contributed by atoms with E-state index in [9.17, 15) is 4.79 Å². The Kier molecular flexibility index (Phi) is 4.55. The fourth-order valence-corrected chi connectivity index (χ4v) is 2.44. The molecule has 0 spiro atoms. The van der Waals surface area contributed by atoms with Crippen LogP contribution in [0.5, 0.6) is 0 Å². The number of benzene rings is 1. The number of nitrogens with zero attached hydrogens (tertiary/aromatic N) is 1. The van der Waals surface area contributed by atoms with Gasteiger partial charge in [-0.15, -0.1) is 0 Å². The van der Waals surface area contributed by atoms with Crippen LogP contribution in [0.4, 0.5) is 0 Å². The van der Waals surface area contributed by atoms with Crippen LogP contribution in [-0.4, -0.2) is 37.1 Å². The van der Waals surface area contributed by atoms with Crippen LogP contribution in [0.2, 0.25) is 0 Å². The third-order valence-corrected chi connectivity index (χ3v) is 3.57. The van der Waals surface area contributed by atoms with Gasteiger partial charge >= 0.3 is 0 Å². The number of amides is 1. The monoisotopic (exact) mass is 309 g/mol. The van der Waals surface area contributed by atoms with E-state index in [0.29, 0.717) is 26.3 Å². The molecule has 1 saturated heterocycles. The van der Waals surface area contributed by atoms with E-state index in [1.54, 1.807) is 6.08 Å². The highest BCUT2D eigenvalue weighted by atomic mass is 79.9. The number of hydrogen-bond acceptors (Lipinski definition) is 2. The molecule has 0 unspecified atom stereocenters. The molecule has 1 aliphatic rings. The van der Waals surface area contributed by atoms with Crippen molar-refractivity contribution >= 4 is 27.9 Å². The molecule has 1 fully saturated rings. The minimum absolute atomic E-state index is 0.0470. The number of carbonyl (C=O) groups excluding carboxylic acids is 1. The van der Waals surface area contributed by atoms with Gasteiger partial charge in [-0.05, 0) is 30.2 Å². The second-order valence-corrected chi connectivity index (χ2v) is 5.15. The molecular formula is C14H16BrNO2. The Hall–Kier alpha value is -1.13. The second-order valence-electron chi connectivity index (χ2n) is 4.30. The van der Waals surface area contributed by atoms with Crippen molar-refractivity contribution in [2.24, 2.45) is 0 Å². The van der Waals surface area contributed by atoms with Crippen molar-refractivity contribution in [3.63, 3.8) is 0 Å². The number of rotatable bonds is 2. The van der Waals surface area contributed by atoms with Gasteiger partial charge in [-0.3, -0.25) is 4.79 Å². The third-order valence-electron chi connectivity index (χ3n) is 2.88. The first-order valence-corrected chi connectivity index (χ1v) is 6.77. The zero-order valence-electron chi connectivity index (χ0n) is 10.4. The Morgan fingerprint density at radius 3 is 2.78 bits per heavy atom. The number of halogens is 1. The summed E-state index contributed by atoms with van der Waals surface area (Å²) in [4.78, 5) is 13.7. The van der Waals surface area contributed by atoms with Crippen LogP contribution in [0.3, 0.4) is 0 Å². The van der Waals surface area contributed by atoms with Crippen LogP contribution in [0.1, 0.15) is 11.1 Å². The van der Waals surface area contributed by atoms with E-state index in [1.165, 1.54) is 5.56 Å². The number of carbonyl (C=O) groups is 1. The highest BCUT2D eigenvalue weighted by Gasteiger charge is 2.13. The summed E-state index contributed by atoms with van der Waals surface area (Å²) >= 11 is 3.50. The molecule has 0 aliphatic carbocycles. The van der Waals surface area contributed by atoms with Crippen LogP contribution < -0.4 is 0 Å². The van der Waals surface area contributed by atoms with Gasteiger partial charge < -0.3 is 9.64 Å². The maximum absolute atomic E-state index is 11.9. The summed E-state index contributed by atoms with van der Waals surface area (Å²) in [6.07, 6.45) is 3.47. The molecule has 18 heavy (non-hydrogen) atoms. The molecule has 0 saturated carbocycles. The van der Waals surface area contributed by atoms with Gasteiger partial charge in [-0.1, -0.05) is 28.1 Å². The minimum Gasteiger partial charge on any atom is -0.378 e. The van der Waals surface area contributed by atoms with Crippen molar-refractivity contribution in [1.82, 2.24) is 4.90 Å². The molecule has 0 radical (unpaired) electrons. The third kappa shape index (κ3) is 3.43. The van der Waals surface area contributed by atoms with Crippen molar-refractivity contribution < 1.29 is 9.53 Å². The van der Waals surface area contributed by atoms with Gasteiger partial charge in [-0.25, -0.2) is 0 Å². The summed E-state index contributed by atoms with van der Waals surface area (Å²) in [5.41, 5.74) is 2.21. The van der Waals surface area contributed by atoms with Crippen molar-refractivity contribution in [3.05, 3.63) is 39.9 Å². The summed E-state index contributed by atoms with van der Waals surface area (Å²) in [5, 5.41) is 0. The van der Waals surface area contributed by atoms with Crippen LogP contribution in [0.25, 0.3) is 6.08 Å². The number of hydrogen-bond donors (Lipinski definition) is 0. The Bertz CT molecular complexity index is 465.